The Morgan fingerprint density at radius 1 is 0.449 bits per heavy atom. The molecule has 0 bridgehead atoms. The number of carbonyl (C=O) groups excluding carboxylic acids is 1. The lowest BCUT2D eigenvalue weighted by molar-refractivity contribution is -0.870. The summed E-state index contributed by atoms with van der Waals surface area (Å²) < 4.78 is 23.8. The van der Waals surface area contributed by atoms with Crippen LogP contribution in [0.15, 0.2) is 60.8 Å². The average molecular weight is 1120 g/mol. The fraction of sp³-hybridized carbons (Fsp3) is 0.841. The molecule has 0 aliphatic heterocycles. The van der Waals surface area contributed by atoms with Gasteiger partial charge < -0.3 is 19.8 Å². The van der Waals surface area contributed by atoms with Gasteiger partial charge in [-0.05, 0) is 57.8 Å². The first-order chi connectivity index (χ1) is 38.0. The minimum absolute atomic E-state index is 0.0761. The smallest absolute Gasteiger partial charge is 0.391 e. The lowest BCUT2D eigenvalue weighted by atomic mass is 10.0. The number of rotatable bonds is 62. The molecule has 0 aliphatic carbocycles. The van der Waals surface area contributed by atoms with Crippen molar-refractivity contribution in [2.75, 3.05) is 40.9 Å². The van der Waals surface area contributed by atoms with Crippen LogP contribution in [0.5, 0.6) is 0 Å². The molecule has 0 aromatic heterocycles. The lowest BCUT2D eigenvalue weighted by Gasteiger charge is -2.26. The minimum Gasteiger partial charge on any atom is -0.391 e. The second-order valence-electron chi connectivity index (χ2n) is 24.2. The maximum absolute atomic E-state index is 13.0. The molecule has 458 valence electrons. The van der Waals surface area contributed by atoms with Crippen molar-refractivity contribution >= 4 is 13.7 Å². The van der Waals surface area contributed by atoms with Gasteiger partial charge in [0.25, 0.3) is 0 Å². The van der Waals surface area contributed by atoms with Crippen LogP contribution in [0.4, 0.5) is 0 Å². The highest BCUT2D eigenvalue weighted by molar-refractivity contribution is 7.47. The van der Waals surface area contributed by atoms with Gasteiger partial charge in [-0.1, -0.05) is 319 Å². The predicted octanol–water partition coefficient (Wildman–Crippen LogP) is 21.2. The van der Waals surface area contributed by atoms with E-state index in [0.717, 1.165) is 70.6 Å². The molecule has 0 spiro atoms. The molecular formula is C69H132N2O6P+. The van der Waals surface area contributed by atoms with Gasteiger partial charge in [0.15, 0.2) is 0 Å². The van der Waals surface area contributed by atoms with Gasteiger partial charge in [0.05, 0.1) is 39.9 Å². The number of nitrogens with one attached hydrogen (secondary N) is 1. The molecule has 0 aromatic carbocycles. The summed E-state index contributed by atoms with van der Waals surface area (Å²) in [6, 6.07) is -0.760. The number of nitrogens with zero attached hydrogens (tertiary/aromatic N) is 1. The summed E-state index contributed by atoms with van der Waals surface area (Å²) in [6.07, 6.45) is 81.8. The van der Waals surface area contributed by atoms with Gasteiger partial charge in [-0.3, -0.25) is 13.8 Å². The Balaban J connectivity index is 3.91. The molecule has 0 aliphatic rings. The molecule has 0 saturated carbocycles. The summed E-state index contributed by atoms with van der Waals surface area (Å²) in [4.78, 5) is 23.4. The standard InChI is InChI=1S/C69H131N2O6P/c1-6-8-10-12-14-16-18-20-22-24-25-26-27-28-29-30-31-32-33-34-35-36-37-38-39-40-41-42-43-44-45-47-49-51-53-55-57-59-61-63-69(73)70-67(66-77-78(74,75)76-65-64-71(3,4)5)68(72)62-60-58-56-54-52-50-48-46-23-21-19-17-15-13-11-9-7-2/h8,10,14,16,20,22,25-26,28-29,67-68,72H,6-7,9,11-13,15,17-19,21,23-24,27,30-66H2,1-5H3,(H-,70,73,74,75)/p+1/b10-8-,16-14-,22-20-,26-25-,29-28-. The maximum Gasteiger partial charge on any atom is 0.472 e. The molecule has 8 nitrogen and oxygen atoms in total. The minimum atomic E-state index is -4.32. The summed E-state index contributed by atoms with van der Waals surface area (Å²) in [6.45, 7) is 4.81. The molecule has 3 atom stereocenters. The molecule has 0 aromatic rings. The Kier molecular flexibility index (Phi) is 58.4. The summed E-state index contributed by atoms with van der Waals surface area (Å²) in [7, 11) is 1.63. The van der Waals surface area contributed by atoms with E-state index in [-0.39, 0.29) is 19.1 Å². The summed E-state index contributed by atoms with van der Waals surface area (Å²) >= 11 is 0. The van der Waals surface area contributed by atoms with Gasteiger partial charge in [-0.15, -0.1) is 0 Å². The quantitative estimate of drug-likeness (QED) is 0.0243. The topological polar surface area (TPSA) is 105 Å². The number of aliphatic hydroxyl groups excluding tert-OH is 1. The van der Waals surface area contributed by atoms with Crippen LogP contribution in [-0.2, 0) is 18.4 Å². The van der Waals surface area contributed by atoms with Gasteiger partial charge in [0, 0.05) is 6.42 Å². The molecule has 1 amide bonds. The number of phosphoric ester groups is 1. The highest BCUT2D eigenvalue weighted by Gasteiger charge is 2.28. The van der Waals surface area contributed by atoms with Crippen molar-refractivity contribution in [2.24, 2.45) is 0 Å². The van der Waals surface area contributed by atoms with Crippen molar-refractivity contribution < 1.29 is 32.9 Å². The molecule has 78 heavy (non-hydrogen) atoms. The predicted molar refractivity (Wildman–Crippen MR) is 341 cm³/mol. The highest BCUT2D eigenvalue weighted by atomic mass is 31.2. The van der Waals surface area contributed by atoms with Gasteiger partial charge in [0.1, 0.15) is 13.2 Å². The van der Waals surface area contributed by atoms with Crippen molar-refractivity contribution in [3.05, 3.63) is 60.8 Å². The van der Waals surface area contributed by atoms with E-state index in [1.807, 2.05) is 21.1 Å². The second kappa shape index (κ2) is 59.8. The number of unbranched alkanes of at least 4 members (excludes halogenated alkanes) is 39. The van der Waals surface area contributed by atoms with E-state index >= 15 is 0 Å². The lowest BCUT2D eigenvalue weighted by Crippen LogP contribution is -2.46. The Hall–Kier alpha value is -1.80. The third kappa shape index (κ3) is 61.8. The zero-order valence-electron chi connectivity index (χ0n) is 52.4. The number of quaternary nitrogens is 1. The van der Waals surface area contributed by atoms with Crippen molar-refractivity contribution in [3.8, 4) is 0 Å². The van der Waals surface area contributed by atoms with Crippen molar-refractivity contribution in [3.63, 3.8) is 0 Å². The summed E-state index contributed by atoms with van der Waals surface area (Å²) in [5, 5.41) is 14.1. The Morgan fingerprint density at radius 2 is 0.769 bits per heavy atom. The Labute approximate surface area is 485 Å². The molecule has 3 unspecified atom stereocenters. The number of phosphoric acid groups is 1. The number of likely N-dealkylation sites (N-methyl/N-ethyl adjacent to an activating group) is 1. The number of aliphatic hydroxyl groups is 1. The van der Waals surface area contributed by atoms with Crippen LogP contribution in [-0.4, -0.2) is 73.4 Å². The summed E-state index contributed by atoms with van der Waals surface area (Å²) in [5.74, 6) is -0.139. The molecule has 0 radical (unpaired) electrons. The van der Waals surface area contributed by atoms with E-state index in [2.05, 4.69) is 79.9 Å². The van der Waals surface area contributed by atoms with Crippen LogP contribution in [0.2, 0.25) is 0 Å². The van der Waals surface area contributed by atoms with E-state index in [1.165, 1.54) is 225 Å². The van der Waals surface area contributed by atoms with E-state index in [4.69, 9.17) is 9.05 Å². The van der Waals surface area contributed by atoms with Gasteiger partial charge in [-0.2, -0.15) is 0 Å². The number of hydrogen-bond acceptors (Lipinski definition) is 5. The largest absolute Gasteiger partial charge is 0.472 e. The molecule has 0 fully saturated rings. The van der Waals surface area contributed by atoms with E-state index in [9.17, 15) is 19.4 Å². The second-order valence-corrected chi connectivity index (χ2v) is 25.6. The Bertz CT molecular complexity index is 1450. The van der Waals surface area contributed by atoms with Crippen LogP contribution in [0.3, 0.4) is 0 Å². The third-order valence-corrected chi connectivity index (χ3v) is 16.3. The highest BCUT2D eigenvalue weighted by Crippen LogP contribution is 2.43. The number of amides is 1. The van der Waals surface area contributed by atoms with Gasteiger partial charge in [0.2, 0.25) is 5.91 Å². The molecule has 0 heterocycles. The number of carbonyl (C=O) groups is 1. The molecule has 9 heteroatoms. The molecule has 0 rings (SSSR count). The monoisotopic (exact) mass is 1120 g/mol. The first-order valence-corrected chi connectivity index (χ1v) is 35.1. The first-order valence-electron chi connectivity index (χ1n) is 33.7. The van der Waals surface area contributed by atoms with Crippen molar-refractivity contribution in [1.82, 2.24) is 5.32 Å². The van der Waals surface area contributed by atoms with Crippen molar-refractivity contribution in [1.29, 1.82) is 0 Å². The number of hydrogen-bond donors (Lipinski definition) is 3. The SMILES string of the molecule is CC/C=C\C/C=C\C/C=C\C/C=C\C/C=C\CCCCCCCCCCCCCCCCCCCCCCCCCC(=O)NC(COP(=O)(O)OCC[N+](C)(C)C)C(O)CCCCCCCCCCCCCCCCCCC. The number of allylic oxidation sites excluding steroid dienone is 10. The fourth-order valence-electron chi connectivity index (χ4n) is 10.1. The third-order valence-electron chi connectivity index (χ3n) is 15.3. The zero-order chi connectivity index (χ0) is 57.0. The van der Waals surface area contributed by atoms with E-state index < -0.39 is 20.0 Å². The maximum atomic E-state index is 13.0. The van der Waals surface area contributed by atoms with Crippen LogP contribution in [0.1, 0.15) is 322 Å². The van der Waals surface area contributed by atoms with Crippen LogP contribution in [0, 0.1) is 0 Å². The van der Waals surface area contributed by atoms with Gasteiger partial charge >= 0.3 is 7.82 Å². The van der Waals surface area contributed by atoms with Crippen LogP contribution >= 0.6 is 7.82 Å². The molecule has 0 saturated heterocycles. The fourth-order valence-corrected chi connectivity index (χ4v) is 10.8. The van der Waals surface area contributed by atoms with E-state index in [1.54, 1.807) is 0 Å². The first kappa shape index (κ1) is 76.2. The summed E-state index contributed by atoms with van der Waals surface area (Å²) in [5.41, 5.74) is 0. The molecular weight excluding hydrogens is 984 g/mol. The van der Waals surface area contributed by atoms with Gasteiger partial charge in [-0.25, -0.2) is 4.57 Å². The van der Waals surface area contributed by atoms with Crippen LogP contribution < -0.4 is 5.32 Å². The van der Waals surface area contributed by atoms with Crippen LogP contribution in [0.25, 0.3) is 0 Å². The zero-order valence-corrected chi connectivity index (χ0v) is 53.3. The average Bonchev–Trinajstić information content (AvgIpc) is 3.40. The Morgan fingerprint density at radius 3 is 1.13 bits per heavy atom. The van der Waals surface area contributed by atoms with Crippen molar-refractivity contribution in [2.45, 2.75) is 334 Å². The molecule has 3 N–H and O–H groups in total. The normalized spacial score (nSPS) is 14.1. The van der Waals surface area contributed by atoms with E-state index in [0.29, 0.717) is 23.9 Å².